The maximum absolute atomic E-state index is 12.8. The molecule has 126 valence electrons. The van der Waals surface area contributed by atoms with Gasteiger partial charge >= 0.3 is 0 Å². The Morgan fingerprint density at radius 3 is 2.44 bits per heavy atom. The Morgan fingerprint density at radius 1 is 1.08 bits per heavy atom. The standard InChI is InChI=1S/C19H18N4OS/c24-18(21-15-11-12-15)17(14-7-3-1-4-8-14)25-19-22-20-13-23(19)16-9-5-2-6-10-16/h1-10,13,15,17H,11-12H2,(H,21,24). The fourth-order valence-electron chi connectivity index (χ4n) is 2.58. The Balaban J connectivity index is 1.63. The molecule has 1 aromatic heterocycles. The molecule has 25 heavy (non-hydrogen) atoms. The summed E-state index contributed by atoms with van der Waals surface area (Å²) in [6.07, 6.45) is 3.81. The van der Waals surface area contributed by atoms with E-state index in [9.17, 15) is 4.79 Å². The summed E-state index contributed by atoms with van der Waals surface area (Å²) in [5.74, 6) is 0.0290. The second-order valence-corrected chi connectivity index (χ2v) is 7.08. The Labute approximate surface area is 150 Å². The Kier molecular flexibility index (Phi) is 4.52. The number of nitrogens with one attached hydrogen (secondary N) is 1. The number of rotatable bonds is 6. The van der Waals surface area contributed by atoms with Gasteiger partial charge in [0.2, 0.25) is 5.91 Å². The van der Waals surface area contributed by atoms with Crippen LogP contribution >= 0.6 is 11.8 Å². The molecule has 0 aliphatic heterocycles. The molecule has 0 radical (unpaired) electrons. The molecule has 4 rings (SSSR count). The van der Waals surface area contributed by atoms with E-state index in [1.54, 1.807) is 6.33 Å². The van der Waals surface area contributed by atoms with Crippen molar-refractivity contribution in [1.29, 1.82) is 0 Å². The molecule has 1 saturated carbocycles. The van der Waals surface area contributed by atoms with E-state index >= 15 is 0 Å². The Morgan fingerprint density at radius 2 is 1.76 bits per heavy atom. The molecule has 1 amide bonds. The van der Waals surface area contributed by atoms with Crippen LogP contribution in [0.1, 0.15) is 23.7 Å². The predicted octanol–water partition coefficient (Wildman–Crippen LogP) is 3.38. The quantitative estimate of drug-likeness (QED) is 0.693. The third-order valence-corrected chi connectivity index (χ3v) is 5.25. The van der Waals surface area contributed by atoms with E-state index in [0.29, 0.717) is 11.2 Å². The van der Waals surface area contributed by atoms with Crippen LogP contribution < -0.4 is 5.32 Å². The molecule has 1 fully saturated rings. The minimum atomic E-state index is -0.353. The number of aromatic nitrogens is 3. The molecule has 2 aromatic carbocycles. The normalized spacial score (nSPS) is 14.9. The van der Waals surface area contributed by atoms with Crippen LogP contribution in [0.5, 0.6) is 0 Å². The van der Waals surface area contributed by atoms with Crippen molar-refractivity contribution in [2.45, 2.75) is 29.3 Å². The minimum Gasteiger partial charge on any atom is -0.352 e. The van der Waals surface area contributed by atoms with Crippen LogP contribution in [0.25, 0.3) is 5.69 Å². The molecule has 1 N–H and O–H groups in total. The van der Waals surface area contributed by atoms with Gasteiger partial charge in [0.25, 0.3) is 0 Å². The number of hydrogen-bond donors (Lipinski definition) is 1. The van der Waals surface area contributed by atoms with Crippen LogP contribution in [0.15, 0.2) is 72.1 Å². The number of benzene rings is 2. The topological polar surface area (TPSA) is 59.8 Å². The van der Waals surface area contributed by atoms with Gasteiger partial charge in [-0.05, 0) is 30.5 Å². The highest BCUT2D eigenvalue weighted by atomic mass is 32.2. The summed E-state index contributed by atoms with van der Waals surface area (Å²) < 4.78 is 1.91. The van der Waals surface area contributed by atoms with Crippen LogP contribution in [0.3, 0.4) is 0 Å². The van der Waals surface area contributed by atoms with Crippen molar-refractivity contribution in [2.24, 2.45) is 0 Å². The van der Waals surface area contributed by atoms with E-state index in [1.807, 2.05) is 65.2 Å². The zero-order chi connectivity index (χ0) is 17.1. The molecule has 1 heterocycles. The smallest absolute Gasteiger partial charge is 0.238 e. The molecule has 0 bridgehead atoms. The predicted molar refractivity (Wildman–Crippen MR) is 97.6 cm³/mol. The first kappa shape index (κ1) is 15.9. The maximum atomic E-state index is 12.8. The fourth-order valence-corrected chi connectivity index (χ4v) is 3.62. The molecule has 5 nitrogen and oxygen atoms in total. The second kappa shape index (κ2) is 7.11. The summed E-state index contributed by atoms with van der Waals surface area (Å²) in [4.78, 5) is 12.8. The van der Waals surface area contributed by atoms with E-state index in [1.165, 1.54) is 11.8 Å². The monoisotopic (exact) mass is 350 g/mol. The van der Waals surface area contributed by atoms with Crippen molar-refractivity contribution in [2.75, 3.05) is 0 Å². The van der Waals surface area contributed by atoms with Gasteiger partial charge in [-0.25, -0.2) is 0 Å². The summed E-state index contributed by atoms with van der Waals surface area (Å²) in [6, 6.07) is 20.0. The van der Waals surface area contributed by atoms with Gasteiger partial charge in [-0.3, -0.25) is 9.36 Å². The van der Waals surface area contributed by atoms with Crippen molar-refractivity contribution in [1.82, 2.24) is 20.1 Å². The molecule has 1 aliphatic rings. The molecule has 0 spiro atoms. The Hall–Kier alpha value is -2.60. The largest absolute Gasteiger partial charge is 0.352 e. The van der Waals surface area contributed by atoms with E-state index in [4.69, 9.17) is 0 Å². The number of thioether (sulfide) groups is 1. The van der Waals surface area contributed by atoms with Crippen molar-refractivity contribution < 1.29 is 4.79 Å². The fraction of sp³-hybridized carbons (Fsp3) is 0.211. The molecular weight excluding hydrogens is 332 g/mol. The van der Waals surface area contributed by atoms with Gasteiger partial charge in [-0.15, -0.1) is 10.2 Å². The lowest BCUT2D eigenvalue weighted by Gasteiger charge is -2.16. The maximum Gasteiger partial charge on any atom is 0.238 e. The summed E-state index contributed by atoms with van der Waals surface area (Å²) in [6.45, 7) is 0. The van der Waals surface area contributed by atoms with Gasteiger partial charge in [-0.2, -0.15) is 0 Å². The van der Waals surface area contributed by atoms with E-state index in [-0.39, 0.29) is 11.2 Å². The van der Waals surface area contributed by atoms with Gasteiger partial charge in [0.05, 0.1) is 0 Å². The molecular formula is C19H18N4OS. The molecule has 1 aliphatic carbocycles. The highest BCUT2D eigenvalue weighted by Gasteiger charge is 2.30. The minimum absolute atomic E-state index is 0.0290. The van der Waals surface area contributed by atoms with Crippen LogP contribution in [0.2, 0.25) is 0 Å². The van der Waals surface area contributed by atoms with Gasteiger partial charge in [0, 0.05) is 11.7 Å². The lowest BCUT2D eigenvalue weighted by molar-refractivity contribution is -0.120. The lowest BCUT2D eigenvalue weighted by atomic mass is 10.1. The SMILES string of the molecule is O=C(NC1CC1)C(Sc1nncn1-c1ccccc1)c1ccccc1. The first-order chi connectivity index (χ1) is 12.3. The molecule has 1 atom stereocenters. The molecule has 3 aromatic rings. The summed E-state index contributed by atoms with van der Waals surface area (Å²) in [7, 11) is 0. The van der Waals surface area contributed by atoms with Crippen LogP contribution in [-0.2, 0) is 4.79 Å². The summed E-state index contributed by atoms with van der Waals surface area (Å²) in [5, 5.41) is 11.7. The van der Waals surface area contributed by atoms with Crippen LogP contribution in [-0.4, -0.2) is 26.7 Å². The molecule has 6 heteroatoms. The van der Waals surface area contributed by atoms with Gasteiger partial charge < -0.3 is 5.32 Å². The van der Waals surface area contributed by atoms with E-state index in [0.717, 1.165) is 24.1 Å². The van der Waals surface area contributed by atoms with Crippen molar-refractivity contribution in [3.8, 4) is 5.69 Å². The first-order valence-corrected chi connectivity index (χ1v) is 9.16. The van der Waals surface area contributed by atoms with Crippen molar-refractivity contribution >= 4 is 17.7 Å². The third-order valence-electron chi connectivity index (χ3n) is 4.04. The van der Waals surface area contributed by atoms with E-state index < -0.39 is 0 Å². The van der Waals surface area contributed by atoms with Gasteiger partial charge in [-0.1, -0.05) is 60.3 Å². The summed E-state index contributed by atoms with van der Waals surface area (Å²) >= 11 is 1.43. The zero-order valence-corrected chi connectivity index (χ0v) is 14.4. The average molecular weight is 350 g/mol. The van der Waals surface area contributed by atoms with Gasteiger partial charge in [0.1, 0.15) is 11.6 Å². The number of carbonyl (C=O) groups excluding carboxylic acids is 1. The van der Waals surface area contributed by atoms with Crippen molar-refractivity contribution in [3.05, 3.63) is 72.6 Å². The zero-order valence-electron chi connectivity index (χ0n) is 13.6. The third kappa shape index (κ3) is 3.74. The number of carbonyl (C=O) groups is 1. The lowest BCUT2D eigenvalue weighted by Crippen LogP contribution is -2.29. The van der Waals surface area contributed by atoms with E-state index in [2.05, 4.69) is 15.5 Å². The van der Waals surface area contributed by atoms with Crippen LogP contribution in [0.4, 0.5) is 0 Å². The summed E-state index contributed by atoms with van der Waals surface area (Å²) in [5.41, 5.74) is 1.94. The van der Waals surface area contributed by atoms with Crippen LogP contribution in [0, 0.1) is 0 Å². The average Bonchev–Trinajstić information content (AvgIpc) is 3.35. The highest BCUT2D eigenvalue weighted by molar-refractivity contribution is 8.00. The number of hydrogen-bond acceptors (Lipinski definition) is 4. The van der Waals surface area contributed by atoms with Gasteiger partial charge in [0.15, 0.2) is 5.16 Å². The first-order valence-electron chi connectivity index (χ1n) is 8.29. The number of para-hydroxylation sites is 1. The number of nitrogens with zero attached hydrogens (tertiary/aromatic N) is 3. The molecule has 0 saturated heterocycles. The highest BCUT2D eigenvalue weighted by Crippen LogP contribution is 2.36. The van der Waals surface area contributed by atoms with Crippen molar-refractivity contribution in [3.63, 3.8) is 0 Å². The second-order valence-electron chi connectivity index (χ2n) is 6.01. The molecule has 1 unspecified atom stereocenters. The Bertz CT molecular complexity index is 846. The number of amides is 1.